The van der Waals surface area contributed by atoms with Crippen LogP contribution in [0.4, 0.5) is 0 Å². The van der Waals surface area contributed by atoms with Gasteiger partial charge >= 0.3 is 5.97 Å². The summed E-state index contributed by atoms with van der Waals surface area (Å²) < 4.78 is 10.5. The quantitative estimate of drug-likeness (QED) is 0.804. The average molecular weight is 309 g/mol. The van der Waals surface area contributed by atoms with E-state index in [2.05, 4.69) is 5.32 Å². The second kappa shape index (κ2) is 6.12. The van der Waals surface area contributed by atoms with Crippen molar-refractivity contribution in [2.45, 2.75) is 51.7 Å². The van der Waals surface area contributed by atoms with Crippen molar-refractivity contribution < 1.29 is 23.8 Å². The minimum atomic E-state index is -1.26. The summed E-state index contributed by atoms with van der Waals surface area (Å²) >= 11 is 0. The van der Waals surface area contributed by atoms with Gasteiger partial charge in [-0.1, -0.05) is 13.8 Å². The minimum absolute atomic E-state index is 0.164. The summed E-state index contributed by atoms with van der Waals surface area (Å²) in [6.45, 7) is 6.04. The maximum atomic E-state index is 12.2. The molecule has 0 aliphatic heterocycles. The van der Waals surface area contributed by atoms with E-state index >= 15 is 0 Å². The number of hydrogen-bond donors (Lipinski definition) is 2. The highest BCUT2D eigenvalue weighted by molar-refractivity contribution is 5.89. The van der Waals surface area contributed by atoms with Gasteiger partial charge in [-0.25, -0.2) is 4.79 Å². The molecule has 0 radical (unpaired) electrons. The molecule has 1 aliphatic carbocycles. The number of aryl methyl sites for hydroxylation is 1. The van der Waals surface area contributed by atoms with E-state index in [1.165, 1.54) is 0 Å². The van der Waals surface area contributed by atoms with Crippen molar-refractivity contribution in [3.8, 4) is 0 Å². The van der Waals surface area contributed by atoms with Crippen molar-refractivity contribution in [3.05, 3.63) is 24.2 Å². The van der Waals surface area contributed by atoms with Crippen molar-refractivity contribution in [1.82, 2.24) is 5.32 Å². The molecule has 1 aliphatic rings. The smallest absolute Gasteiger partial charge is 0.330 e. The molecular weight excluding hydrogens is 286 g/mol. The first-order valence-electron chi connectivity index (χ1n) is 7.50. The van der Waals surface area contributed by atoms with E-state index < -0.39 is 16.9 Å². The van der Waals surface area contributed by atoms with Crippen molar-refractivity contribution >= 4 is 11.9 Å². The molecule has 1 aromatic heterocycles. The van der Waals surface area contributed by atoms with Gasteiger partial charge in [0.25, 0.3) is 0 Å². The van der Waals surface area contributed by atoms with Gasteiger partial charge in [-0.2, -0.15) is 0 Å². The zero-order chi connectivity index (χ0) is 16.4. The number of ether oxygens (including phenoxy) is 1. The second-order valence-corrected chi connectivity index (χ2v) is 6.26. The number of carboxylic acids is 1. The normalized spacial score (nSPS) is 26.2. The molecule has 1 aromatic rings. The van der Waals surface area contributed by atoms with E-state index in [9.17, 15) is 14.7 Å². The predicted octanol–water partition coefficient (Wildman–Crippen LogP) is 1.99. The largest absolute Gasteiger partial charge is 0.479 e. The van der Waals surface area contributed by atoms with E-state index in [0.717, 1.165) is 5.56 Å². The van der Waals surface area contributed by atoms with Crippen LogP contribution in [-0.4, -0.2) is 35.2 Å². The van der Waals surface area contributed by atoms with Gasteiger partial charge in [0.2, 0.25) is 5.91 Å². The first-order chi connectivity index (χ1) is 10.3. The van der Waals surface area contributed by atoms with Crippen LogP contribution in [0.25, 0.3) is 0 Å². The first-order valence-corrected chi connectivity index (χ1v) is 7.50. The molecule has 0 saturated heterocycles. The fourth-order valence-corrected chi connectivity index (χ4v) is 3.03. The lowest BCUT2D eigenvalue weighted by atomic mass is 9.54. The third-order valence-electron chi connectivity index (χ3n) is 4.70. The average Bonchev–Trinajstić information content (AvgIpc) is 2.96. The Bertz CT molecular complexity index is 537. The molecule has 22 heavy (non-hydrogen) atoms. The third kappa shape index (κ3) is 2.75. The van der Waals surface area contributed by atoms with E-state index in [-0.39, 0.29) is 18.4 Å². The zero-order valence-electron chi connectivity index (χ0n) is 13.2. The molecular formula is C16H23NO5. The molecule has 0 spiro atoms. The Hall–Kier alpha value is -1.82. The Balaban J connectivity index is 2.01. The third-order valence-corrected chi connectivity index (χ3v) is 4.70. The maximum absolute atomic E-state index is 12.2. The molecule has 1 saturated carbocycles. The summed E-state index contributed by atoms with van der Waals surface area (Å²) in [4.78, 5) is 23.9. The first kappa shape index (κ1) is 16.5. The molecule has 1 fully saturated rings. The monoisotopic (exact) mass is 309 g/mol. The molecule has 6 heteroatoms. The van der Waals surface area contributed by atoms with Crippen molar-refractivity contribution in [2.75, 3.05) is 6.61 Å². The van der Waals surface area contributed by atoms with Crippen LogP contribution in [0.1, 0.15) is 39.2 Å². The van der Waals surface area contributed by atoms with Gasteiger partial charge in [-0.15, -0.1) is 0 Å². The molecule has 2 unspecified atom stereocenters. The van der Waals surface area contributed by atoms with Crippen LogP contribution in [0.2, 0.25) is 0 Å². The van der Waals surface area contributed by atoms with Crippen LogP contribution in [0.5, 0.6) is 0 Å². The lowest BCUT2D eigenvalue weighted by Gasteiger charge is -2.58. The van der Waals surface area contributed by atoms with Gasteiger partial charge in [0, 0.05) is 24.9 Å². The highest BCUT2D eigenvalue weighted by atomic mass is 16.5. The predicted molar refractivity (Wildman–Crippen MR) is 79.4 cm³/mol. The molecule has 0 aromatic carbocycles. The van der Waals surface area contributed by atoms with Gasteiger partial charge in [-0.3, -0.25) is 4.79 Å². The summed E-state index contributed by atoms with van der Waals surface area (Å²) in [6.07, 6.45) is 4.01. The van der Waals surface area contributed by atoms with E-state index in [0.29, 0.717) is 19.4 Å². The Morgan fingerprint density at radius 2 is 2.23 bits per heavy atom. The number of aliphatic carboxylic acids is 1. The van der Waals surface area contributed by atoms with Crippen LogP contribution >= 0.6 is 0 Å². The highest BCUT2D eigenvalue weighted by Crippen LogP contribution is 2.51. The second-order valence-electron chi connectivity index (χ2n) is 6.26. The van der Waals surface area contributed by atoms with Crippen LogP contribution < -0.4 is 5.32 Å². The van der Waals surface area contributed by atoms with Gasteiger partial charge in [0.1, 0.15) is 5.54 Å². The SMILES string of the molecule is CCOC1CC(NC(=O)CCc2ccoc2)(C(=O)O)C1(C)C. The minimum Gasteiger partial charge on any atom is -0.479 e. The van der Waals surface area contributed by atoms with Crippen molar-refractivity contribution in [1.29, 1.82) is 0 Å². The molecule has 1 heterocycles. The molecule has 122 valence electrons. The van der Waals surface area contributed by atoms with Crippen LogP contribution in [0.15, 0.2) is 23.0 Å². The fraction of sp³-hybridized carbons (Fsp3) is 0.625. The van der Waals surface area contributed by atoms with E-state index in [1.807, 2.05) is 20.8 Å². The standard InChI is InChI=1S/C16H23NO5/c1-4-22-12-9-16(14(19)20,15(12,2)3)17-13(18)6-5-11-7-8-21-10-11/h7-8,10,12H,4-6,9H2,1-3H3,(H,17,18)(H,19,20). The Kier molecular flexibility index (Phi) is 4.60. The lowest BCUT2D eigenvalue weighted by molar-refractivity contribution is -0.194. The van der Waals surface area contributed by atoms with Crippen LogP contribution in [0.3, 0.4) is 0 Å². The summed E-state index contributed by atoms with van der Waals surface area (Å²) in [5.74, 6) is -1.28. The molecule has 0 bridgehead atoms. The van der Waals surface area contributed by atoms with E-state index in [1.54, 1.807) is 18.6 Å². The van der Waals surface area contributed by atoms with Crippen LogP contribution in [-0.2, 0) is 20.7 Å². The van der Waals surface area contributed by atoms with Crippen LogP contribution in [0, 0.1) is 5.41 Å². The topological polar surface area (TPSA) is 88.8 Å². The number of carbonyl (C=O) groups is 2. The number of amides is 1. The Labute approximate surface area is 129 Å². The van der Waals surface area contributed by atoms with Crippen molar-refractivity contribution in [2.24, 2.45) is 5.41 Å². The summed E-state index contributed by atoms with van der Waals surface area (Å²) in [6, 6.07) is 1.79. The molecule has 2 rings (SSSR count). The zero-order valence-corrected chi connectivity index (χ0v) is 13.2. The Morgan fingerprint density at radius 1 is 1.50 bits per heavy atom. The van der Waals surface area contributed by atoms with Gasteiger partial charge < -0.3 is 19.6 Å². The highest BCUT2D eigenvalue weighted by Gasteiger charge is 2.66. The van der Waals surface area contributed by atoms with Gasteiger partial charge in [0.15, 0.2) is 0 Å². The number of carboxylic acid groups (broad SMARTS) is 1. The molecule has 6 nitrogen and oxygen atoms in total. The van der Waals surface area contributed by atoms with Gasteiger partial charge in [-0.05, 0) is 25.0 Å². The maximum Gasteiger partial charge on any atom is 0.330 e. The Morgan fingerprint density at radius 3 is 2.73 bits per heavy atom. The van der Waals surface area contributed by atoms with E-state index in [4.69, 9.17) is 9.15 Å². The summed E-state index contributed by atoms with van der Waals surface area (Å²) in [5, 5.41) is 12.3. The summed E-state index contributed by atoms with van der Waals surface area (Å²) in [5.41, 5.74) is -1.000. The number of hydrogen-bond acceptors (Lipinski definition) is 4. The fourth-order valence-electron chi connectivity index (χ4n) is 3.03. The lowest BCUT2D eigenvalue weighted by Crippen LogP contribution is -2.76. The summed E-state index contributed by atoms with van der Waals surface area (Å²) in [7, 11) is 0. The number of carbonyl (C=O) groups excluding carboxylic acids is 1. The number of furan rings is 1. The molecule has 2 atom stereocenters. The molecule has 1 amide bonds. The van der Waals surface area contributed by atoms with Gasteiger partial charge in [0.05, 0.1) is 18.6 Å². The number of rotatable bonds is 7. The van der Waals surface area contributed by atoms with Crippen molar-refractivity contribution in [3.63, 3.8) is 0 Å². The molecule has 2 N–H and O–H groups in total. The number of nitrogens with one attached hydrogen (secondary N) is 1.